The molecule has 0 saturated carbocycles. The van der Waals surface area contributed by atoms with Crippen molar-refractivity contribution in [3.63, 3.8) is 0 Å². The van der Waals surface area contributed by atoms with Gasteiger partial charge in [0.25, 0.3) is 0 Å². The number of hydrogen-bond acceptors (Lipinski definition) is 1. The predicted molar refractivity (Wildman–Crippen MR) is 77.4 cm³/mol. The zero-order valence-electron chi connectivity index (χ0n) is 12.5. The molecule has 0 aliphatic heterocycles. The van der Waals surface area contributed by atoms with Crippen molar-refractivity contribution in [3.05, 3.63) is 40.7 Å². The minimum Gasteiger partial charge on any atom is -0.313 e. The summed E-state index contributed by atoms with van der Waals surface area (Å²) in [7, 11) is 0. The van der Waals surface area contributed by atoms with E-state index < -0.39 is 17.6 Å². The predicted octanol–water partition coefficient (Wildman–Crippen LogP) is 4.88. The van der Waals surface area contributed by atoms with Gasteiger partial charge in [0.2, 0.25) is 0 Å². The Kier molecular flexibility index (Phi) is 6.40. The maximum Gasteiger partial charge on any atom is 0.416 e. The molecular formula is C16H21F4N. The van der Waals surface area contributed by atoms with E-state index in [4.69, 9.17) is 0 Å². The van der Waals surface area contributed by atoms with Crippen LogP contribution in [0, 0.1) is 11.7 Å². The highest BCUT2D eigenvalue weighted by atomic mass is 19.4. The van der Waals surface area contributed by atoms with E-state index in [2.05, 4.69) is 19.2 Å². The number of nitrogens with one attached hydrogen (secondary N) is 1. The molecule has 1 N–H and O–H groups in total. The Morgan fingerprint density at radius 1 is 1.24 bits per heavy atom. The molecule has 0 saturated heterocycles. The second-order valence-corrected chi connectivity index (χ2v) is 5.45. The van der Waals surface area contributed by atoms with Crippen LogP contribution in [0.25, 0.3) is 6.08 Å². The molecule has 118 valence electrons. The first kappa shape index (κ1) is 17.7. The maximum absolute atomic E-state index is 13.3. The van der Waals surface area contributed by atoms with Crippen LogP contribution in [0.3, 0.4) is 0 Å². The summed E-state index contributed by atoms with van der Waals surface area (Å²) in [6.45, 7) is 7.49. The van der Waals surface area contributed by atoms with Crippen LogP contribution in [0.15, 0.2) is 23.8 Å². The highest BCUT2D eigenvalue weighted by Crippen LogP contribution is 2.30. The summed E-state index contributed by atoms with van der Waals surface area (Å²) in [6.07, 6.45) is -2.22. The van der Waals surface area contributed by atoms with Crippen molar-refractivity contribution in [2.75, 3.05) is 13.1 Å². The minimum atomic E-state index is -4.53. The largest absolute Gasteiger partial charge is 0.416 e. The second-order valence-electron chi connectivity index (χ2n) is 5.45. The molecule has 0 heterocycles. The number of alkyl halides is 3. The summed E-state index contributed by atoms with van der Waals surface area (Å²) < 4.78 is 51.3. The van der Waals surface area contributed by atoms with E-state index in [0.29, 0.717) is 24.9 Å². The first-order valence-electron chi connectivity index (χ1n) is 7.00. The van der Waals surface area contributed by atoms with E-state index in [0.717, 1.165) is 24.3 Å². The van der Waals surface area contributed by atoms with Gasteiger partial charge < -0.3 is 5.32 Å². The van der Waals surface area contributed by atoms with Crippen LogP contribution in [0.2, 0.25) is 0 Å². The number of halogens is 4. The van der Waals surface area contributed by atoms with Gasteiger partial charge in [-0.05, 0) is 42.6 Å². The van der Waals surface area contributed by atoms with Gasteiger partial charge in [-0.1, -0.05) is 32.4 Å². The lowest BCUT2D eigenvalue weighted by atomic mass is 10.1. The second kappa shape index (κ2) is 7.59. The fourth-order valence-corrected chi connectivity index (χ4v) is 1.89. The monoisotopic (exact) mass is 303 g/mol. The van der Waals surface area contributed by atoms with Crippen LogP contribution in [-0.2, 0) is 6.18 Å². The first-order valence-corrected chi connectivity index (χ1v) is 7.00. The van der Waals surface area contributed by atoms with Crippen molar-refractivity contribution in [1.29, 1.82) is 0 Å². The van der Waals surface area contributed by atoms with Crippen LogP contribution < -0.4 is 5.32 Å². The van der Waals surface area contributed by atoms with Crippen LogP contribution in [-0.4, -0.2) is 13.1 Å². The van der Waals surface area contributed by atoms with E-state index in [-0.39, 0.29) is 5.56 Å². The van der Waals surface area contributed by atoms with E-state index in [1.165, 1.54) is 0 Å². The smallest absolute Gasteiger partial charge is 0.313 e. The normalized spacial score (nSPS) is 13.0. The summed E-state index contributed by atoms with van der Waals surface area (Å²) in [5, 5.41) is 3.23. The van der Waals surface area contributed by atoms with Crippen molar-refractivity contribution in [3.8, 4) is 0 Å². The molecule has 21 heavy (non-hydrogen) atoms. The first-order chi connectivity index (χ1) is 9.72. The molecule has 1 aromatic rings. The number of benzene rings is 1. The van der Waals surface area contributed by atoms with E-state index in [1.54, 1.807) is 6.08 Å². The van der Waals surface area contributed by atoms with Crippen molar-refractivity contribution in [1.82, 2.24) is 5.32 Å². The Bertz CT molecular complexity index is 490. The Morgan fingerprint density at radius 2 is 1.90 bits per heavy atom. The molecule has 0 fully saturated rings. The number of hydrogen-bond donors (Lipinski definition) is 1. The molecule has 0 amide bonds. The summed E-state index contributed by atoms with van der Waals surface area (Å²) in [5.74, 6) is -0.379. The van der Waals surface area contributed by atoms with Gasteiger partial charge in [0.15, 0.2) is 0 Å². The highest BCUT2D eigenvalue weighted by Gasteiger charge is 2.31. The van der Waals surface area contributed by atoms with Gasteiger partial charge in [-0.15, -0.1) is 0 Å². The van der Waals surface area contributed by atoms with Gasteiger partial charge in [0, 0.05) is 6.54 Å². The minimum absolute atomic E-state index is 0.241. The molecule has 5 heteroatoms. The van der Waals surface area contributed by atoms with Gasteiger partial charge in [-0.3, -0.25) is 0 Å². The zero-order valence-corrected chi connectivity index (χ0v) is 12.5. The molecule has 1 nitrogen and oxygen atoms in total. The average Bonchev–Trinajstić information content (AvgIpc) is 2.35. The molecule has 0 aliphatic carbocycles. The van der Waals surface area contributed by atoms with E-state index >= 15 is 0 Å². The summed E-state index contributed by atoms with van der Waals surface area (Å²) in [5.41, 5.74) is 0.222. The van der Waals surface area contributed by atoms with Crippen LogP contribution >= 0.6 is 0 Å². The Labute approximate surface area is 123 Å². The third-order valence-electron chi connectivity index (χ3n) is 2.98. The molecule has 0 unspecified atom stereocenters. The third kappa shape index (κ3) is 6.29. The fourth-order valence-electron chi connectivity index (χ4n) is 1.89. The van der Waals surface area contributed by atoms with Crippen LogP contribution in [0.1, 0.15) is 38.3 Å². The van der Waals surface area contributed by atoms with Crippen LogP contribution in [0.5, 0.6) is 0 Å². The zero-order chi connectivity index (χ0) is 16.0. The van der Waals surface area contributed by atoms with Crippen molar-refractivity contribution < 1.29 is 17.6 Å². The summed E-state index contributed by atoms with van der Waals surface area (Å²) >= 11 is 0. The lowest BCUT2D eigenvalue weighted by molar-refractivity contribution is -0.137. The number of rotatable bonds is 6. The molecule has 0 spiro atoms. The van der Waals surface area contributed by atoms with Crippen LogP contribution in [0.4, 0.5) is 17.6 Å². The Balaban J connectivity index is 2.92. The van der Waals surface area contributed by atoms with Gasteiger partial charge in [0.05, 0.1) is 5.56 Å². The SMILES string of the molecule is CC/C(=C/c1cc(F)cc(C(F)(F)F)c1)CNCC(C)C. The maximum atomic E-state index is 13.3. The fraction of sp³-hybridized carbons (Fsp3) is 0.500. The summed E-state index contributed by atoms with van der Waals surface area (Å²) in [4.78, 5) is 0. The van der Waals surface area contributed by atoms with Crippen molar-refractivity contribution >= 4 is 6.08 Å². The van der Waals surface area contributed by atoms with Gasteiger partial charge in [-0.2, -0.15) is 13.2 Å². The van der Waals surface area contributed by atoms with Gasteiger partial charge in [-0.25, -0.2) is 4.39 Å². The topological polar surface area (TPSA) is 12.0 Å². The molecule has 1 rings (SSSR count). The standard InChI is InChI=1S/C16H21F4N/c1-4-12(10-21-9-11(2)3)5-13-6-14(16(18,19)20)8-15(17)7-13/h5-8,11,21H,4,9-10H2,1-3H3/b12-5-. The molecule has 1 aromatic carbocycles. The molecule has 0 aliphatic rings. The lowest BCUT2D eigenvalue weighted by Gasteiger charge is -2.11. The van der Waals surface area contributed by atoms with Crippen molar-refractivity contribution in [2.45, 2.75) is 33.4 Å². The average molecular weight is 303 g/mol. The van der Waals surface area contributed by atoms with E-state index in [9.17, 15) is 17.6 Å². The van der Waals surface area contributed by atoms with E-state index in [1.807, 2.05) is 6.92 Å². The lowest BCUT2D eigenvalue weighted by Crippen LogP contribution is -2.21. The Morgan fingerprint density at radius 3 is 2.43 bits per heavy atom. The molecule has 0 radical (unpaired) electrons. The van der Waals surface area contributed by atoms with Gasteiger partial charge in [0.1, 0.15) is 5.82 Å². The van der Waals surface area contributed by atoms with Crippen molar-refractivity contribution in [2.24, 2.45) is 5.92 Å². The third-order valence-corrected chi connectivity index (χ3v) is 2.98. The quantitative estimate of drug-likeness (QED) is 0.738. The molecule has 0 atom stereocenters. The summed E-state index contributed by atoms with van der Waals surface area (Å²) in [6, 6.07) is 2.61. The molecular weight excluding hydrogens is 282 g/mol. The van der Waals surface area contributed by atoms with Gasteiger partial charge >= 0.3 is 6.18 Å². The molecule has 0 bridgehead atoms. The molecule has 0 aromatic heterocycles. The Hall–Kier alpha value is -1.36. The highest BCUT2D eigenvalue weighted by molar-refractivity contribution is 5.54.